The molecule has 4 aliphatic rings. The molecule has 0 amide bonds. The van der Waals surface area contributed by atoms with Crippen molar-refractivity contribution in [1.29, 1.82) is 0 Å². The van der Waals surface area contributed by atoms with Gasteiger partial charge in [0, 0.05) is 37.8 Å². The van der Waals surface area contributed by atoms with Crippen molar-refractivity contribution >= 4 is 0 Å². The van der Waals surface area contributed by atoms with E-state index in [1.807, 2.05) is 0 Å². The summed E-state index contributed by atoms with van der Waals surface area (Å²) >= 11 is 0. The van der Waals surface area contributed by atoms with Gasteiger partial charge in [-0.05, 0) is 19.3 Å². The first kappa shape index (κ1) is 7.34. The van der Waals surface area contributed by atoms with Crippen molar-refractivity contribution in [3.8, 4) is 0 Å². The van der Waals surface area contributed by atoms with Crippen molar-refractivity contribution in [2.75, 3.05) is 26.2 Å². The molecule has 1 saturated carbocycles. The molecule has 5 unspecified atom stereocenters. The first-order valence-corrected chi connectivity index (χ1v) is 5.21. The lowest BCUT2D eigenvalue weighted by Gasteiger charge is -2.52. The van der Waals surface area contributed by atoms with E-state index in [9.17, 15) is 0 Å². The molecule has 2 bridgehead atoms. The molecule has 12 heavy (non-hydrogen) atoms. The number of hydrogen-bond donors (Lipinski definition) is 0. The number of fused-ring (bicyclic) bond motifs is 2. The number of nitrogens with zero attached hydrogens (tertiary/aromatic N) is 2. The average Bonchev–Trinajstić information content (AvgIpc) is 2.66. The first-order chi connectivity index (χ1) is 5.72. The van der Waals surface area contributed by atoms with Gasteiger partial charge in [0.15, 0.2) is 0 Å². The molecular formula is C10H18N2. The highest BCUT2D eigenvalue weighted by Crippen LogP contribution is 2.52. The summed E-state index contributed by atoms with van der Waals surface area (Å²) in [6.45, 7) is 10.1. The Bertz CT molecular complexity index is 216. The van der Waals surface area contributed by atoms with E-state index in [0.29, 0.717) is 5.54 Å². The lowest BCUT2D eigenvalue weighted by Crippen LogP contribution is -2.66. The van der Waals surface area contributed by atoms with Gasteiger partial charge in [-0.1, -0.05) is 6.92 Å². The highest BCUT2D eigenvalue weighted by molar-refractivity contribution is 5.16. The van der Waals surface area contributed by atoms with Crippen LogP contribution >= 0.6 is 0 Å². The lowest BCUT2D eigenvalue weighted by molar-refractivity contribution is -0.0412. The maximum absolute atomic E-state index is 2.75. The molecule has 4 rings (SSSR count). The predicted molar refractivity (Wildman–Crippen MR) is 49.1 cm³/mol. The molecule has 0 radical (unpaired) electrons. The molecule has 0 aromatic heterocycles. The fourth-order valence-electron chi connectivity index (χ4n) is 3.22. The Kier molecular flexibility index (Phi) is 1.25. The van der Waals surface area contributed by atoms with Crippen molar-refractivity contribution in [3.63, 3.8) is 0 Å². The fourth-order valence-corrected chi connectivity index (χ4v) is 3.22. The van der Waals surface area contributed by atoms with Gasteiger partial charge in [0.1, 0.15) is 0 Å². The molecule has 5 atom stereocenters. The van der Waals surface area contributed by atoms with E-state index < -0.39 is 0 Å². The number of hydrogen-bond acceptors (Lipinski definition) is 2. The maximum Gasteiger partial charge on any atom is 0.0367 e. The Morgan fingerprint density at radius 2 is 2.00 bits per heavy atom. The van der Waals surface area contributed by atoms with Gasteiger partial charge in [-0.25, -0.2) is 0 Å². The van der Waals surface area contributed by atoms with Gasteiger partial charge in [0.25, 0.3) is 0 Å². The van der Waals surface area contributed by atoms with Crippen molar-refractivity contribution in [3.05, 3.63) is 0 Å². The Labute approximate surface area is 74.5 Å². The molecule has 1 spiro atoms. The molecule has 68 valence electrons. The van der Waals surface area contributed by atoms with Crippen molar-refractivity contribution in [1.82, 2.24) is 9.80 Å². The third kappa shape index (κ3) is 0.728. The van der Waals surface area contributed by atoms with Crippen molar-refractivity contribution in [2.24, 2.45) is 5.92 Å². The van der Waals surface area contributed by atoms with Gasteiger partial charge in [-0.15, -0.1) is 0 Å². The zero-order valence-corrected chi connectivity index (χ0v) is 8.08. The highest BCUT2D eigenvalue weighted by Gasteiger charge is 2.60. The smallest absolute Gasteiger partial charge is 0.0367 e. The third-order valence-electron chi connectivity index (χ3n) is 4.29. The van der Waals surface area contributed by atoms with Crippen LogP contribution in [0.1, 0.15) is 20.3 Å². The standard InChI is InChI=1S/C10H18N2/c1-8-5-10(8)7-11-3-4-12(10)6-9(11)2/h8-9H,3-7H2,1-2H3. The zero-order chi connectivity index (χ0) is 8.34. The number of rotatable bonds is 0. The van der Waals surface area contributed by atoms with Crippen molar-refractivity contribution < 1.29 is 0 Å². The van der Waals surface area contributed by atoms with Crippen LogP contribution in [0.25, 0.3) is 0 Å². The normalized spacial score (nSPS) is 62.5. The van der Waals surface area contributed by atoms with Crippen molar-refractivity contribution in [2.45, 2.75) is 31.8 Å². The SMILES string of the molecule is CC1CN2CCN1CC21CC1C. The van der Waals surface area contributed by atoms with Crippen LogP contribution in [0.15, 0.2) is 0 Å². The zero-order valence-electron chi connectivity index (χ0n) is 8.08. The number of piperazine rings is 3. The van der Waals surface area contributed by atoms with Gasteiger partial charge in [0.05, 0.1) is 0 Å². The minimum atomic E-state index is 0.644. The summed E-state index contributed by atoms with van der Waals surface area (Å²) in [5, 5.41) is 0. The molecule has 2 heteroatoms. The second kappa shape index (κ2) is 2.05. The molecule has 0 aromatic carbocycles. The average molecular weight is 166 g/mol. The van der Waals surface area contributed by atoms with Gasteiger partial charge in [-0.3, -0.25) is 9.80 Å². The predicted octanol–water partition coefficient (Wildman–Crippen LogP) is 0.785. The Hall–Kier alpha value is -0.0800. The summed E-state index contributed by atoms with van der Waals surface area (Å²) in [5.41, 5.74) is 0.644. The van der Waals surface area contributed by atoms with Crippen LogP contribution in [0, 0.1) is 5.92 Å². The monoisotopic (exact) mass is 166 g/mol. The van der Waals surface area contributed by atoms with Gasteiger partial charge >= 0.3 is 0 Å². The van der Waals surface area contributed by atoms with E-state index in [1.165, 1.54) is 32.6 Å². The first-order valence-electron chi connectivity index (χ1n) is 5.21. The molecule has 3 saturated heterocycles. The van der Waals surface area contributed by atoms with E-state index in [-0.39, 0.29) is 0 Å². The molecular weight excluding hydrogens is 148 g/mol. The molecule has 2 nitrogen and oxygen atoms in total. The van der Waals surface area contributed by atoms with Crippen LogP contribution in [0.3, 0.4) is 0 Å². The minimum Gasteiger partial charge on any atom is -0.296 e. The Balaban J connectivity index is 1.87. The van der Waals surface area contributed by atoms with Gasteiger partial charge in [0.2, 0.25) is 0 Å². The van der Waals surface area contributed by atoms with Gasteiger partial charge < -0.3 is 0 Å². The quantitative estimate of drug-likeness (QED) is 0.525. The Morgan fingerprint density at radius 1 is 1.25 bits per heavy atom. The highest BCUT2D eigenvalue weighted by atomic mass is 15.4. The van der Waals surface area contributed by atoms with E-state index in [2.05, 4.69) is 23.6 Å². The molecule has 3 heterocycles. The minimum absolute atomic E-state index is 0.644. The summed E-state index contributed by atoms with van der Waals surface area (Å²) in [7, 11) is 0. The van der Waals surface area contributed by atoms with Gasteiger partial charge in [-0.2, -0.15) is 0 Å². The second-order valence-corrected chi connectivity index (χ2v) is 4.97. The molecule has 3 aliphatic heterocycles. The second-order valence-electron chi connectivity index (χ2n) is 4.97. The summed E-state index contributed by atoms with van der Waals surface area (Å²) in [6, 6.07) is 0.817. The van der Waals surface area contributed by atoms with Crippen LogP contribution < -0.4 is 0 Å². The molecule has 4 fully saturated rings. The van der Waals surface area contributed by atoms with Crippen LogP contribution in [-0.4, -0.2) is 47.6 Å². The fraction of sp³-hybridized carbons (Fsp3) is 1.00. The summed E-state index contributed by atoms with van der Waals surface area (Å²) in [5.74, 6) is 0.966. The molecule has 0 aromatic rings. The Morgan fingerprint density at radius 3 is 2.42 bits per heavy atom. The van der Waals surface area contributed by atoms with E-state index in [0.717, 1.165) is 12.0 Å². The summed E-state index contributed by atoms with van der Waals surface area (Å²) < 4.78 is 0. The molecule has 1 aliphatic carbocycles. The summed E-state index contributed by atoms with van der Waals surface area (Å²) in [6.07, 6.45) is 1.45. The maximum atomic E-state index is 2.75. The lowest BCUT2D eigenvalue weighted by atomic mass is 10.00. The van der Waals surface area contributed by atoms with E-state index >= 15 is 0 Å². The van der Waals surface area contributed by atoms with E-state index in [1.54, 1.807) is 0 Å². The van der Waals surface area contributed by atoms with Crippen LogP contribution in [0.4, 0.5) is 0 Å². The summed E-state index contributed by atoms with van der Waals surface area (Å²) in [4.78, 5) is 5.44. The van der Waals surface area contributed by atoms with Crippen LogP contribution in [0.5, 0.6) is 0 Å². The third-order valence-corrected chi connectivity index (χ3v) is 4.29. The molecule has 0 N–H and O–H groups in total. The largest absolute Gasteiger partial charge is 0.296 e. The van der Waals surface area contributed by atoms with Crippen LogP contribution in [0.2, 0.25) is 0 Å². The topological polar surface area (TPSA) is 6.48 Å². The van der Waals surface area contributed by atoms with E-state index in [4.69, 9.17) is 0 Å². The van der Waals surface area contributed by atoms with Crippen LogP contribution in [-0.2, 0) is 0 Å².